The lowest BCUT2D eigenvalue weighted by Crippen LogP contribution is -2.40. The molecule has 2 aromatic carbocycles. The molecule has 2 N–H and O–H groups in total. The number of rotatable bonds is 6. The molecule has 1 aliphatic rings. The Morgan fingerprint density at radius 2 is 1.85 bits per heavy atom. The molecule has 1 saturated heterocycles. The first-order chi connectivity index (χ1) is 13.0. The van der Waals surface area contributed by atoms with Crippen molar-refractivity contribution in [2.24, 2.45) is 0 Å². The fourth-order valence-corrected chi connectivity index (χ4v) is 3.80. The van der Waals surface area contributed by atoms with Crippen molar-refractivity contribution in [3.8, 4) is 5.75 Å². The molecule has 2 amide bonds. The fraction of sp³-hybridized carbons (Fsp3) is 0.150. The molecule has 138 valence electrons. The van der Waals surface area contributed by atoms with Crippen molar-refractivity contribution in [2.45, 2.75) is 6.42 Å². The van der Waals surface area contributed by atoms with Gasteiger partial charge < -0.3 is 10.4 Å². The summed E-state index contributed by atoms with van der Waals surface area (Å²) in [5.74, 6) is -0.297. The number of amides is 2. The topological polar surface area (TPSA) is 69.6 Å². The summed E-state index contributed by atoms with van der Waals surface area (Å²) in [6, 6.07) is 16.3. The summed E-state index contributed by atoms with van der Waals surface area (Å²) in [7, 11) is 0. The summed E-state index contributed by atoms with van der Waals surface area (Å²) in [4.78, 5) is 26.5. The maximum absolute atomic E-state index is 12.5. The lowest BCUT2D eigenvalue weighted by atomic mass is 10.1. The van der Waals surface area contributed by atoms with Gasteiger partial charge in [0.05, 0.1) is 4.91 Å². The normalized spacial score (nSPS) is 15.4. The van der Waals surface area contributed by atoms with Crippen LogP contribution in [0.1, 0.15) is 11.1 Å². The summed E-state index contributed by atoms with van der Waals surface area (Å²) in [5.41, 5.74) is 1.92. The van der Waals surface area contributed by atoms with Crippen LogP contribution in [0.15, 0.2) is 59.5 Å². The largest absolute Gasteiger partial charge is 0.508 e. The van der Waals surface area contributed by atoms with E-state index in [1.165, 1.54) is 16.7 Å². The Morgan fingerprint density at radius 1 is 1.15 bits per heavy atom. The van der Waals surface area contributed by atoms with Gasteiger partial charge in [0.2, 0.25) is 5.91 Å². The number of carbonyl (C=O) groups is 2. The summed E-state index contributed by atoms with van der Waals surface area (Å²) in [5, 5.41) is 12.1. The van der Waals surface area contributed by atoms with E-state index in [4.69, 9.17) is 12.2 Å². The Bertz CT molecular complexity index is 880. The summed E-state index contributed by atoms with van der Waals surface area (Å²) in [6.07, 6.45) is 2.42. The molecule has 3 rings (SSSR count). The first-order valence-corrected chi connectivity index (χ1v) is 9.60. The second kappa shape index (κ2) is 8.83. The van der Waals surface area contributed by atoms with Gasteiger partial charge in [0.1, 0.15) is 16.6 Å². The van der Waals surface area contributed by atoms with E-state index in [1.54, 1.807) is 30.3 Å². The van der Waals surface area contributed by atoms with Gasteiger partial charge in [0, 0.05) is 6.54 Å². The van der Waals surface area contributed by atoms with Gasteiger partial charge in [-0.2, -0.15) is 0 Å². The highest BCUT2D eigenvalue weighted by atomic mass is 32.2. The average Bonchev–Trinajstić information content (AvgIpc) is 2.92. The maximum Gasteiger partial charge on any atom is 0.266 e. The highest BCUT2D eigenvalue weighted by Crippen LogP contribution is 2.32. The SMILES string of the molecule is O=C(CN1C(=O)/C(=C/c2ccccc2)SC1=S)NCCc1ccc(O)cc1. The van der Waals surface area contributed by atoms with Gasteiger partial charge in [-0.25, -0.2) is 0 Å². The van der Waals surface area contributed by atoms with Gasteiger partial charge in [-0.15, -0.1) is 0 Å². The number of thiocarbonyl (C=S) groups is 1. The van der Waals surface area contributed by atoms with Crippen LogP contribution in [0.25, 0.3) is 6.08 Å². The van der Waals surface area contributed by atoms with E-state index in [0.717, 1.165) is 11.1 Å². The van der Waals surface area contributed by atoms with E-state index in [-0.39, 0.29) is 24.1 Å². The number of nitrogens with zero attached hydrogens (tertiary/aromatic N) is 1. The standard InChI is InChI=1S/C20H18N2O3S2/c23-16-8-6-14(7-9-16)10-11-21-18(24)13-22-19(25)17(27-20(22)26)12-15-4-2-1-3-5-15/h1-9,12,23H,10-11,13H2,(H,21,24)/b17-12-. The lowest BCUT2D eigenvalue weighted by molar-refractivity contribution is -0.128. The minimum atomic E-state index is -0.258. The Morgan fingerprint density at radius 3 is 2.56 bits per heavy atom. The quantitative estimate of drug-likeness (QED) is 0.578. The highest BCUT2D eigenvalue weighted by Gasteiger charge is 2.33. The van der Waals surface area contributed by atoms with Crippen LogP contribution >= 0.6 is 24.0 Å². The average molecular weight is 399 g/mol. The van der Waals surface area contributed by atoms with Crippen molar-refractivity contribution in [3.63, 3.8) is 0 Å². The van der Waals surface area contributed by atoms with Gasteiger partial charge in [-0.3, -0.25) is 14.5 Å². The molecule has 27 heavy (non-hydrogen) atoms. The molecule has 0 radical (unpaired) electrons. The number of phenolic OH excluding ortho intramolecular Hbond substituents is 1. The van der Waals surface area contributed by atoms with E-state index in [1.807, 2.05) is 30.3 Å². The number of hydrogen-bond donors (Lipinski definition) is 2. The van der Waals surface area contributed by atoms with Crippen molar-refractivity contribution in [1.82, 2.24) is 10.2 Å². The van der Waals surface area contributed by atoms with E-state index < -0.39 is 0 Å². The Labute approximate surface area is 167 Å². The molecule has 1 heterocycles. The first kappa shape index (κ1) is 19.1. The Hall–Kier alpha value is -2.64. The van der Waals surface area contributed by atoms with Gasteiger partial charge in [-0.05, 0) is 35.8 Å². The minimum absolute atomic E-state index is 0.0909. The van der Waals surface area contributed by atoms with Gasteiger partial charge in [-0.1, -0.05) is 66.4 Å². The molecule has 0 saturated carbocycles. The molecular weight excluding hydrogens is 380 g/mol. The number of nitrogens with one attached hydrogen (secondary N) is 1. The van der Waals surface area contributed by atoms with E-state index in [9.17, 15) is 14.7 Å². The Kier molecular flexibility index (Phi) is 6.26. The number of carbonyl (C=O) groups excluding carboxylic acids is 2. The van der Waals surface area contributed by atoms with Crippen LogP contribution in [0, 0.1) is 0 Å². The molecule has 0 aromatic heterocycles. The number of benzene rings is 2. The van der Waals surface area contributed by atoms with Crippen molar-refractivity contribution in [2.75, 3.05) is 13.1 Å². The zero-order valence-corrected chi connectivity index (χ0v) is 16.1. The number of thioether (sulfide) groups is 1. The third kappa shape index (κ3) is 5.18. The second-order valence-electron chi connectivity index (χ2n) is 5.94. The molecule has 0 spiro atoms. The molecule has 1 aliphatic heterocycles. The monoisotopic (exact) mass is 398 g/mol. The third-order valence-corrected chi connectivity index (χ3v) is 5.32. The summed E-state index contributed by atoms with van der Waals surface area (Å²) in [6.45, 7) is 0.352. The van der Waals surface area contributed by atoms with Crippen LogP contribution in [0.3, 0.4) is 0 Å². The first-order valence-electron chi connectivity index (χ1n) is 8.38. The van der Waals surface area contributed by atoms with E-state index in [2.05, 4.69) is 5.32 Å². The van der Waals surface area contributed by atoms with E-state index >= 15 is 0 Å². The van der Waals surface area contributed by atoms with Crippen LogP contribution in [-0.4, -0.2) is 39.2 Å². The number of phenols is 1. The molecule has 0 bridgehead atoms. The highest BCUT2D eigenvalue weighted by molar-refractivity contribution is 8.26. The maximum atomic E-state index is 12.5. The van der Waals surface area contributed by atoms with Crippen LogP contribution < -0.4 is 5.32 Å². The molecule has 0 unspecified atom stereocenters. The molecule has 5 nitrogen and oxygen atoms in total. The molecule has 2 aromatic rings. The summed E-state index contributed by atoms with van der Waals surface area (Å²) >= 11 is 6.46. The lowest BCUT2D eigenvalue weighted by Gasteiger charge is -2.14. The number of aromatic hydroxyl groups is 1. The third-order valence-electron chi connectivity index (χ3n) is 3.94. The zero-order chi connectivity index (χ0) is 19.2. The van der Waals surface area contributed by atoms with Crippen LogP contribution in [0.2, 0.25) is 0 Å². The van der Waals surface area contributed by atoms with Crippen molar-refractivity contribution < 1.29 is 14.7 Å². The molecule has 0 atom stereocenters. The van der Waals surface area contributed by atoms with Crippen LogP contribution in [0.5, 0.6) is 5.75 Å². The molecule has 1 fully saturated rings. The number of hydrogen-bond acceptors (Lipinski definition) is 5. The van der Waals surface area contributed by atoms with E-state index in [0.29, 0.717) is 22.2 Å². The van der Waals surface area contributed by atoms with Gasteiger partial charge in [0.15, 0.2) is 0 Å². The summed E-state index contributed by atoms with van der Waals surface area (Å²) < 4.78 is 0.385. The van der Waals surface area contributed by atoms with Crippen molar-refractivity contribution in [1.29, 1.82) is 0 Å². The van der Waals surface area contributed by atoms with Crippen molar-refractivity contribution in [3.05, 3.63) is 70.6 Å². The van der Waals surface area contributed by atoms with Gasteiger partial charge in [0.25, 0.3) is 5.91 Å². The molecule has 7 heteroatoms. The molecule has 0 aliphatic carbocycles. The van der Waals surface area contributed by atoms with Crippen molar-refractivity contribution >= 4 is 46.2 Å². The predicted molar refractivity (Wildman–Crippen MR) is 111 cm³/mol. The van der Waals surface area contributed by atoms with Crippen LogP contribution in [0.4, 0.5) is 0 Å². The predicted octanol–water partition coefficient (Wildman–Crippen LogP) is 2.95. The zero-order valence-electron chi connectivity index (χ0n) is 14.4. The second-order valence-corrected chi connectivity index (χ2v) is 7.62. The fourth-order valence-electron chi connectivity index (χ4n) is 2.55. The minimum Gasteiger partial charge on any atom is -0.508 e. The van der Waals surface area contributed by atoms with Gasteiger partial charge >= 0.3 is 0 Å². The van der Waals surface area contributed by atoms with Crippen LogP contribution in [-0.2, 0) is 16.0 Å². The smallest absolute Gasteiger partial charge is 0.266 e. The Balaban J connectivity index is 1.53. The molecular formula is C20H18N2O3S2.